The van der Waals surface area contributed by atoms with Crippen molar-refractivity contribution >= 4 is 34.7 Å². The van der Waals surface area contributed by atoms with Crippen molar-refractivity contribution in [3.63, 3.8) is 0 Å². The molecule has 1 aliphatic heterocycles. The lowest BCUT2D eigenvalue weighted by molar-refractivity contribution is -0.132. The maximum Gasteiger partial charge on any atom is 0.300 e. The van der Waals surface area contributed by atoms with E-state index in [1.165, 1.54) is 4.90 Å². The van der Waals surface area contributed by atoms with Gasteiger partial charge in [0.1, 0.15) is 17.3 Å². The second-order valence-corrected chi connectivity index (χ2v) is 9.31. The zero-order valence-corrected chi connectivity index (χ0v) is 21.2. The third-order valence-electron chi connectivity index (χ3n) is 5.77. The number of benzene rings is 3. The first kappa shape index (κ1) is 25.3. The molecule has 36 heavy (non-hydrogen) atoms. The average Bonchev–Trinajstić information content (AvgIpc) is 3.14. The SMILES string of the molecule is CCOc1ccc(C2/C(=C(\O)c3ccc(OCC(C)C)cc3)C(=O)C(=O)N2c2ccc(Cl)cc2)cc1. The molecule has 0 bridgehead atoms. The van der Waals surface area contributed by atoms with Crippen molar-refractivity contribution in [2.45, 2.75) is 26.8 Å². The normalized spacial score (nSPS) is 17.0. The summed E-state index contributed by atoms with van der Waals surface area (Å²) in [5, 5.41) is 11.8. The zero-order chi connectivity index (χ0) is 25.8. The highest BCUT2D eigenvalue weighted by Gasteiger charge is 2.47. The minimum atomic E-state index is -0.835. The van der Waals surface area contributed by atoms with E-state index in [4.69, 9.17) is 21.1 Å². The van der Waals surface area contributed by atoms with Crippen molar-refractivity contribution in [2.24, 2.45) is 5.92 Å². The fourth-order valence-electron chi connectivity index (χ4n) is 4.06. The third-order valence-corrected chi connectivity index (χ3v) is 6.02. The maximum absolute atomic E-state index is 13.3. The Morgan fingerprint density at radius 1 is 0.917 bits per heavy atom. The molecule has 7 heteroatoms. The molecule has 0 saturated carbocycles. The number of ketones is 1. The molecule has 3 aromatic rings. The van der Waals surface area contributed by atoms with Gasteiger partial charge in [-0.2, -0.15) is 0 Å². The third kappa shape index (κ3) is 5.24. The summed E-state index contributed by atoms with van der Waals surface area (Å²) < 4.78 is 11.3. The van der Waals surface area contributed by atoms with Gasteiger partial charge in [0.05, 0.1) is 24.8 Å². The molecule has 0 radical (unpaired) electrons. The van der Waals surface area contributed by atoms with E-state index < -0.39 is 17.7 Å². The molecule has 1 fully saturated rings. The molecule has 3 aromatic carbocycles. The summed E-state index contributed by atoms with van der Waals surface area (Å²) in [7, 11) is 0. The summed E-state index contributed by atoms with van der Waals surface area (Å²) in [6.45, 7) is 7.08. The maximum atomic E-state index is 13.3. The van der Waals surface area contributed by atoms with Crippen LogP contribution in [0.25, 0.3) is 5.76 Å². The molecule has 1 saturated heterocycles. The Balaban J connectivity index is 1.80. The molecule has 0 aliphatic carbocycles. The van der Waals surface area contributed by atoms with Crippen LogP contribution in [-0.4, -0.2) is 30.0 Å². The molecule has 0 aromatic heterocycles. The second kappa shape index (κ2) is 10.9. The number of rotatable bonds is 8. The van der Waals surface area contributed by atoms with Crippen LogP contribution in [0.4, 0.5) is 5.69 Å². The summed E-state index contributed by atoms with van der Waals surface area (Å²) in [4.78, 5) is 27.9. The van der Waals surface area contributed by atoms with E-state index in [0.717, 1.165) is 0 Å². The van der Waals surface area contributed by atoms with Gasteiger partial charge in [-0.3, -0.25) is 14.5 Å². The fraction of sp³-hybridized carbons (Fsp3) is 0.241. The Morgan fingerprint density at radius 3 is 2.08 bits per heavy atom. The number of carbonyl (C=O) groups excluding carboxylic acids is 2. The summed E-state index contributed by atoms with van der Waals surface area (Å²) in [5.74, 6) is -0.0436. The van der Waals surface area contributed by atoms with Crippen molar-refractivity contribution in [1.29, 1.82) is 0 Å². The molecule has 1 aliphatic rings. The van der Waals surface area contributed by atoms with Gasteiger partial charge in [-0.1, -0.05) is 37.6 Å². The molecular formula is C29H28ClNO5. The quantitative estimate of drug-likeness (QED) is 0.218. The monoisotopic (exact) mass is 505 g/mol. The summed E-state index contributed by atoms with van der Waals surface area (Å²) in [5.41, 5.74) is 1.58. The zero-order valence-electron chi connectivity index (χ0n) is 20.4. The second-order valence-electron chi connectivity index (χ2n) is 8.88. The van der Waals surface area contributed by atoms with Crippen LogP contribution in [0.15, 0.2) is 78.4 Å². The van der Waals surface area contributed by atoms with E-state index in [9.17, 15) is 14.7 Å². The average molecular weight is 506 g/mol. The topological polar surface area (TPSA) is 76.1 Å². The van der Waals surface area contributed by atoms with Gasteiger partial charge in [-0.25, -0.2) is 0 Å². The number of anilines is 1. The van der Waals surface area contributed by atoms with Crippen molar-refractivity contribution in [3.8, 4) is 11.5 Å². The van der Waals surface area contributed by atoms with Crippen LogP contribution in [0.3, 0.4) is 0 Å². The van der Waals surface area contributed by atoms with E-state index >= 15 is 0 Å². The van der Waals surface area contributed by atoms with Crippen molar-refractivity contribution < 1.29 is 24.2 Å². The minimum Gasteiger partial charge on any atom is -0.507 e. The smallest absolute Gasteiger partial charge is 0.300 e. The van der Waals surface area contributed by atoms with E-state index in [-0.39, 0.29) is 11.3 Å². The summed E-state index contributed by atoms with van der Waals surface area (Å²) >= 11 is 6.05. The van der Waals surface area contributed by atoms with Crippen LogP contribution in [-0.2, 0) is 9.59 Å². The van der Waals surface area contributed by atoms with Gasteiger partial charge in [-0.05, 0) is 79.1 Å². The van der Waals surface area contributed by atoms with Gasteiger partial charge >= 0.3 is 0 Å². The molecule has 1 unspecified atom stereocenters. The number of carbonyl (C=O) groups is 2. The highest BCUT2D eigenvalue weighted by Crippen LogP contribution is 2.42. The number of halogens is 1. The van der Waals surface area contributed by atoms with Crippen molar-refractivity contribution in [3.05, 3.63) is 94.5 Å². The van der Waals surface area contributed by atoms with Gasteiger partial charge in [0.15, 0.2) is 0 Å². The van der Waals surface area contributed by atoms with E-state index in [1.807, 2.05) is 6.92 Å². The van der Waals surface area contributed by atoms with Crippen LogP contribution in [0.5, 0.6) is 11.5 Å². The van der Waals surface area contributed by atoms with Crippen LogP contribution in [0.1, 0.15) is 37.9 Å². The highest BCUT2D eigenvalue weighted by molar-refractivity contribution is 6.51. The molecule has 0 spiro atoms. The Labute approximate surface area is 215 Å². The molecular weight excluding hydrogens is 478 g/mol. The molecule has 1 atom stereocenters. The lowest BCUT2D eigenvalue weighted by Gasteiger charge is -2.25. The summed E-state index contributed by atoms with van der Waals surface area (Å²) in [6, 6.07) is 19.8. The number of ether oxygens (including phenoxy) is 2. The van der Waals surface area contributed by atoms with Crippen molar-refractivity contribution in [2.75, 3.05) is 18.1 Å². The molecule has 1 amide bonds. The van der Waals surface area contributed by atoms with E-state index in [0.29, 0.717) is 52.5 Å². The number of aliphatic hydroxyl groups is 1. The Morgan fingerprint density at radius 2 is 1.50 bits per heavy atom. The van der Waals surface area contributed by atoms with Gasteiger partial charge in [0.25, 0.3) is 11.7 Å². The van der Waals surface area contributed by atoms with Gasteiger partial charge < -0.3 is 14.6 Å². The number of amides is 1. The molecule has 1 heterocycles. The predicted molar refractivity (Wildman–Crippen MR) is 141 cm³/mol. The Kier molecular flexibility index (Phi) is 7.65. The van der Waals surface area contributed by atoms with E-state index in [1.54, 1.807) is 72.8 Å². The Hall–Kier alpha value is -3.77. The molecule has 6 nitrogen and oxygen atoms in total. The minimum absolute atomic E-state index is 0.00922. The number of Topliss-reactive ketones (excluding diaryl/α,β-unsaturated/α-hetero) is 1. The van der Waals surface area contributed by atoms with E-state index in [2.05, 4.69) is 13.8 Å². The van der Waals surface area contributed by atoms with Crippen molar-refractivity contribution in [1.82, 2.24) is 0 Å². The fourth-order valence-corrected chi connectivity index (χ4v) is 4.18. The molecule has 186 valence electrons. The van der Waals surface area contributed by atoms with Gasteiger partial charge in [-0.15, -0.1) is 0 Å². The van der Waals surface area contributed by atoms with Crippen LogP contribution in [0, 0.1) is 5.92 Å². The number of aliphatic hydroxyl groups excluding tert-OH is 1. The molecule has 4 rings (SSSR count). The summed E-state index contributed by atoms with van der Waals surface area (Å²) in [6.07, 6.45) is 0. The Bertz CT molecular complexity index is 1260. The molecule has 1 N–H and O–H groups in total. The standard InChI is InChI=1S/C29H28ClNO5/c1-4-35-23-13-5-19(6-14-23)26-25(27(32)20-7-15-24(16-8-20)36-17-18(2)3)28(33)29(34)31(26)22-11-9-21(30)10-12-22/h5-16,18,26,32H,4,17H2,1-3H3/b27-25+. The van der Waals surface area contributed by atoms with Crippen LogP contribution in [0.2, 0.25) is 5.02 Å². The van der Waals surface area contributed by atoms with Crippen LogP contribution < -0.4 is 14.4 Å². The number of hydrogen-bond donors (Lipinski definition) is 1. The number of nitrogens with zero attached hydrogens (tertiary/aromatic N) is 1. The first-order chi connectivity index (χ1) is 17.3. The number of hydrogen-bond acceptors (Lipinski definition) is 5. The largest absolute Gasteiger partial charge is 0.507 e. The lowest BCUT2D eigenvalue weighted by atomic mass is 9.95. The highest BCUT2D eigenvalue weighted by atomic mass is 35.5. The predicted octanol–water partition coefficient (Wildman–Crippen LogP) is 6.40. The lowest BCUT2D eigenvalue weighted by Crippen LogP contribution is -2.29. The van der Waals surface area contributed by atoms with Crippen LogP contribution >= 0.6 is 11.6 Å². The first-order valence-corrected chi connectivity index (χ1v) is 12.2. The van der Waals surface area contributed by atoms with Gasteiger partial charge in [0.2, 0.25) is 0 Å². The first-order valence-electron chi connectivity index (χ1n) is 11.8. The van der Waals surface area contributed by atoms with Gasteiger partial charge in [0, 0.05) is 16.3 Å².